The highest BCUT2D eigenvalue weighted by Gasteiger charge is 2.19. The SMILES string of the molecule is Cc1c(C#N)cc(C(=O)NCc2cccc(Cl)c2)cc1[N+](=O)[O-]. The van der Waals surface area contributed by atoms with Gasteiger partial charge in [0.05, 0.1) is 16.6 Å². The van der Waals surface area contributed by atoms with E-state index in [0.29, 0.717) is 5.02 Å². The first-order valence-corrected chi connectivity index (χ1v) is 7.02. The van der Waals surface area contributed by atoms with Crippen LogP contribution in [0.2, 0.25) is 5.02 Å². The van der Waals surface area contributed by atoms with Crippen LogP contribution in [-0.2, 0) is 6.54 Å². The minimum Gasteiger partial charge on any atom is -0.348 e. The minimum absolute atomic E-state index is 0.0703. The summed E-state index contributed by atoms with van der Waals surface area (Å²) >= 11 is 5.87. The number of nitrogens with one attached hydrogen (secondary N) is 1. The molecule has 6 nitrogen and oxygen atoms in total. The third-order valence-electron chi connectivity index (χ3n) is 3.30. The molecular weight excluding hydrogens is 318 g/mol. The van der Waals surface area contributed by atoms with E-state index >= 15 is 0 Å². The van der Waals surface area contributed by atoms with E-state index in [0.717, 1.165) is 5.56 Å². The van der Waals surface area contributed by atoms with Gasteiger partial charge in [-0.15, -0.1) is 0 Å². The molecule has 0 bridgehead atoms. The summed E-state index contributed by atoms with van der Waals surface area (Å²) < 4.78 is 0. The van der Waals surface area contributed by atoms with Crippen LogP contribution in [0.4, 0.5) is 5.69 Å². The van der Waals surface area contributed by atoms with E-state index in [1.54, 1.807) is 24.3 Å². The molecule has 0 heterocycles. The monoisotopic (exact) mass is 329 g/mol. The number of nitriles is 1. The van der Waals surface area contributed by atoms with Gasteiger partial charge in [0.15, 0.2) is 0 Å². The predicted octanol–water partition coefficient (Wildman–Crippen LogP) is 3.36. The third-order valence-corrected chi connectivity index (χ3v) is 3.54. The lowest BCUT2D eigenvalue weighted by Gasteiger charge is -2.07. The summed E-state index contributed by atoms with van der Waals surface area (Å²) in [5, 5.41) is 23.3. The van der Waals surface area contributed by atoms with Crippen molar-refractivity contribution in [1.29, 1.82) is 5.26 Å². The molecular formula is C16H12ClN3O3. The minimum atomic E-state index is -0.607. The molecule has 1 amide bonds. The highest BCUT2D eigenvalue weighted by molar-refractivity contribution is 6.30. The van der Waals surface area contributed by atoms with Gasteiger partial charge in [0, 0.05) is 28.8 Å². The number of nitrogens with zero attached hydrogens (tertiary/aromatic N) is 2. The molecule has 0 fully saturated rings. The lowest BCUT2D eigenvalue weighted by Crippen LogP contribution is -2.23. The molecule has 116 valence electrons. The maximum Gasteiger partial charge on any atom is 0.274 e. The van der Waals surface area contributed by atoms with Gasteiger partial charge in [0.2, 0.25) is 0 Å². The van der Waals surface area contributed by atoms with Crippen LogP contribution in [0.1, 0.15) is 27.0 Å². The topological polar surface area (TPSA) is 96.0 Å². The summed E-state index contributed by atoms with van der Waals surface area (Å²) in [6.45, 7) is 1.70. The number of carbonyl (C=O) groups excluding carboxylic acids is 1. The van der Waals surface area contributed by atoms with Crippen LogP contribution >= 0.6 is 11.6 Å². The van der Waals surface area contributed by atoms with Crippen molar-refractivity contribution in [2.75, 3.05) is 0 Å². The van der Waals surface area contributed by atoms with Crippen LogP contribution in [-0.4, -0.2) is 10.8 Å². The first-order valence-electron chi connectivity index (χ1n) is 6.64. The second kappa shape index (κ2) is 6.90. The Morgan fingerprint density at radius 3 is 2.74 bits per heavy atom. The molecule has 0 aliphatic heterocycles. The summed E-state index contributed by atoms with van der Waals surface area (Å²) in [6, 6.07) is 11.4. The van der Waals surface area contributed by atoms with Crippen molar-refractivity contribution in [3.05, 3.63) is 73.8 Å². The fraction of sp³-hybridized carbons (Fsp3) is 0.125. The van der Waals surface area contributed by atoms with Crippen molar-refractivity contribution in [1.82, 2.24) is 5.32 Å². The van der Waals surface area contributed by atoms with Crippen LogP contribution in [0.5, 0.6) is 0 Å². The normalized spacial score (nSPS) is 9.96. The molecule has 2 aromatic carbocycles. The van der Waals surface area contributed by atoms with Crippen molar-refractivity contribution < 1.29 is 9.72 Å². The molecule has 2 rings (SSSR count). The van der Waals surface area contributed by atoms with E-state index in [4.69, 9.17) is 16.9 Å². The summed E-state index contributed by atoms with van der Waals surface area (Å²) in [5.41, 5.74) is 0.960. The highest BCUT2D eigenvalue weighted by atomic mass is 35.5. The number of nitro benzene ring substituents is 1. The number of benzene rings is 2. The number of nitro groups is 1. The zero-order valence-electron chi connectivity index (χ0n) is 12.2. The number of carbonyl (C=O) groups is 1. The average molecular weight is 330 g/mol. The molecule has 0 aromatic heterocycles. The Hall–Kier alpha value is -2.91. The Balaban J connectivity index is 2.24. The lowest BCUT2D eigenvalue weighted by atomic mass is 10.0. The number of hydrogen-bond acceptors (Lipinski definition) is 4. The number of hydrogen-bond donors (Lipinski definition) is 1. The van der Waals surface area contributed by atoms with Crippen LogP contribution in [0.15, 0.2) is 36.4 Å². The van der Waals surface area contributed by atoms with Crippen molar-refractivity contribution >= 4 is 23.2 Å². The van der Waals surface area contributed by atoms with E-state index in [9.17, 15) is 14.9 Å². The molecule has 0 aliphatic carbocycles. The Kier molecular flexibility index (Phi) is 4.94. The van der Waals surface area contributed by atoms with Gasteiger partial charge >= 0.3 is 0 Å². The first kappa shape index (κ1) is 16.5. The Labute approximate surface area is 137 Å². The van der Waals surface area contributed by atoms with Crippen molar-refractivity contribution in [2.24, 2.45) is 0 Å². The zero-order chi connectivity index (χ0) is 17.0. The van der Waals surface area contributed by atoms with Crippen LogP contribution in [0, 0.1) is 28.4 Å². The van der Waals surface area contributed by atoms with Gasteiger partial charge < -0.3 is 5.32 Å². The van der Waals surface area contributed by atoms with Gasteiger partial charge in [0.25, 0.3) is 11.6 Å². The van der Waals surface area contributed by atoms with E-state index in [1.807, 2.05) is 6.07 Å². The molecule has 0 radical (unpaired) electrons. The smallest absolute Gasteiger partial charge is 0.274 e. The summed E-state index contributed by atoms with van der Waals surface area (Å²) in [5.74, 6) is -0.496. The lowest BCUT2D eigenvalue weighted by molar-refractivity contribution is -0.385. The predicted molar refractivity (Wildman–Crippen MR) is 85.2 cm³/mol. The fourth-order valence-electron chi connectivity index (χ4n) is 2.07. The van der Waals surface area contributed by atoms with Gasteiger partial charge in [0.1, 0.15) is 0 Å². The second-order valence-electron chi connectivity index (χ2n) is 4.85. The van der Waals surface area contributed by atoms with Gasteiger partial charge in [-0.3, -0.25) is 14.9 Å². The largest absolute Gasteiger partial charge is 0.348 e. The summed E-state index contributed by atoms with van der Waals surface area (Å²) in [4.78, 5) is 22.6. The highest BCUT2D eigenvalue weighted by Crippen LogP contribution is 2.23. The van der Waals surface area contributed by atoms with Crippen LogP contribution in [0.25, 0.3) is 0 Å². The van der Waals surface area contributed by atoms with E-state index < -0.39 is 10.8 Å². The summed E-state index contributed by atoms with van der Waals surface area (Å²) in [7, 11) is 0. The molecule has 0 unspecified atom stereocenters. The van der Waals surface area contributed by atoms with Gasteiger partial charge in [-0.2, -0.15) is 5.26 Å². The molecule has 0 saturated carbocycles. The van der Waals surface area contributed by atoms with Crippen molar-refractivity contribution in [2.45, 2.75) is 13.5 Å². The summed E-state index contributed by atoms with van der Waals surface area (Å²) in [6.07, 6.45) is 0. The van der Waals surface area contributed by atoms with Crippen LogP contribution < -0.4 is 5.32 Å². The van der Waals surface area contributed by atoms with E-state index in [1.165, 1.54) is 19.1 Å². The Morgan fingerprint density at radius 2 is 2.13 bits per heavy atom. The second-order valence-corrected chi connectivity index (χ2v) is 5.29. The Morgan fingerprint density at radius 1 is 1.39 bits per heavy atom. The molecule has 23 heavy (non-hydrogen) atoms. The quantitative estimate of drug-likeness (QED) is 0.687. The first-order chi connectivity index (χ1) is 10.9. The molecule has 0 atom stereocenters. The van der Waals surface area contributed by atoms with E-state index in [2.05, 4.69) is 5.32 Å². The molecule has 7 heteroatoms. The van der Waals surface area contributed by atoms with E-state index in [-0.39, 0.29) is 28.9 Å². The number of amides is 1. The van der Waals surface area contributed by atoms with Crippen LogP contribution in [0.3, 0.4) is 0 Å². The maximum absolute atomic E-state index is 12.2. The van der Waals surface area contributed by atoms with Crippen molar-refractivity contribution in [3.8, 4) is 6.07 Å². The molecule has 2 aromatic rings. The van der Waals surface area contributed by atoms with Gasteiger partial charge in [-0.05, 0) is 30.7 Å². The average Bonchev–Trinajstić information content (AvgIpc) is 2.52. The fourth-order valence-corrected chi connectivity index (χ4v) is 2.28. The van der Waals surface area contributed by atoms with Crippen molar-refractivity contribution in [3.63, 3.8) is 0 Å². The third kappa shape index (κ3) is 3.84. The number of halogens is 1. The van der Waals surface area contributed by atoms with Gasteiger partial charge in [-0.1, -0.05) is 23.7 Å². The Bertz CT molecular complexity index is 828. The molecule has 0 spiro atoms. The molecule has 0 aliphatic rings. The number of rotatable bonds is 4. The zero-order valence-corrected chi connectivity index (χ0v) is 12.9. The maximum atomic E-state index is 12.2. The van der Waals surface area contributed by atoms with Gasteiger partial charge in [-0.25, -0.2) is 0 Å². The molecule has 1 N–H and O–H groups in total. The standard InChI is InChI=1S/C16H12ClN3O3/c1-10-13(8-18)6-12(7-15(10)20(22)23)16(21)19-9-11-3-2-4-14(17)5-11/h2-7H,9H2,1H3,(H,19,21). The molecule has 0 saturated heterocycles.